The van der Waals surface area contributed by atoms with Gasteiger partial charge in [0.2, 0.25) is 0 Å². The molecule has 0 aromatic heterocycles. The fourth-order valence-corrected chi connectivity index (χ4v) is 3.33. The number of anilines is 1. The number of methoxy groups -OCH3 is 2. The topological polar surface area (TPSA) is 67.9 Å². The van der Waals surface area contributed by atoms with E-state index in [4.69, 9.17) is 21.7 Å². The number of benzene rings is 2. The van der Waals surface area contributed by atoms with Crippen LogP contribution in [0.25, 0.3) is 6.08 Å². The van der Waals surface area contributed by atoms with Crippen molar-refractivity contribution in [2.75, 3.05) is 19.1 Å². The lowest BCUT2D eigenvalue weighted by atomic mass is 10.0. The molecular weight excluding hydrogens is 444 g/mol. The summed E-state index contributed by atoms with van der Waals surface area (Å²) in [7, 11) is 3.07. The van der Waals surface area contributed by atoms with Crippen molar-refractivity contribution < 1.29 is 19.1 Å². The maximum Gasteiger partial charge on any atom is 0.270 e. The quantitative estimate of drug-likeness (QED) is 0.428. The zero-order valence-corrected chi connectivity index (χ0v) is 17.8. The van der Waals surface area contributed by atoms with E-state index in [1.165, 1.54) is 18.1 Å². The summed E-state index contributed by atoms with van der Waals surface area (Å²) in [6.07, 6.45) is 1.53. The lowest BCUT2D eigenvalue weighted by molar-refractivity contribution is -0.122. The van der Waals surface area contributed by atoms with E-state index in [2.05, 4.69) is 21.2 Å². The van der Waals surface area contributed by atoms with Crippen LogP contribution in [0.5, 0.6) is 11.5 Å². The number of ether oxygens (including phenoxy) is 2. The minimum absolute atomic E-state index is 0.0214. The van der Waals surface area contributed by atoms with E-state index in [-0.39, 0.29) is 10.7 Å². The lowest BCUT2D eigenvalue weighted by Gasteiger charge is -2.29. The van der Waals surface area contributed by atoms with Gasteiger partial charge in [-0.3, -0.25) is 19.8 Å². The molecule has 6 nitrogen and oxygen atoms in total. The Morgan fingerprint density at radius 3 is 2.29 bits per heavy atom. The molecule has 1 N–H and O–H groups in total. The fraction of sp³-hybridized carbons (Fsp3) is 0.150. The molecule has 2 amide bonds. The van der Waals surface area contributed by atoms with Crippen molar-refractivity contribution in [3.63, 3.8) is 0 Å². The first-order chi connectivity index (χ1) is 13.3. The van der Waals surface area contributed by atoms with Crippen LogP contribution in [0.2, 0.25) is 0 Å². The van der Waals surface area contributed by atoms with E-state index in [0.29, 0.717) is 22.7 Å². The molecule has 2 aromatic carbocycles. The van der Waals surface area contributed by atoms with Crippen LogP contribution in [0.1, 0.15) is 11.1 Å². The Hall–Kier alpha value is -2.71. The summed E-state index contributed by atoms with van der Waals surface area (Å²) < 4.78 is 11.5. The van der Waals surface area contributed by atoms with E-state index in [0.717, 1.165) is 10.0 Å². The minimum atomic E-state index is -0.544. The number of rotatable bonds is 4. The molecule has 3 rings (SSSR count). The summed E-state index contributed by atoms with van der Waals surface area (Å²) in [5.41, 5.74) is 2.04. The molecule has 2 aromatic rings. The first kappa shape index (κ1) is 20.0. The Morgan fingerprint density at radius 1 is 1.07 bits per heavy atom. The van der Waals surface area contributed by atoms with Crippen molar-refractivity contribution >= 4 is 56.8 Å². The van der Waals surface area contributed by atoms with Crippen LogP contribution in [0, 0.1) is 6.92 Å². The highest BCUT2D eigenvalue weighted by Gasteiger charge is 2.34. The Bertz CT molecular complexity index is 1000. The maximum absolute atomic E-state index is 13.1. The third-order valence-corrected chi connectivity index (χ3v) is 5.07. The van der Waals surface area contributed by atoms with Crippen molar-refractivity contribution in [1.29, 1.82) is 0 Å². The minimum Gasteiger partial charge on any atom is -0.493 e. The highest BCUT2D eigenvalue weighted by atomic mass is 79.9. The second kappa shape index (κ2) is 8.12. The second-order valence-corrected chi connectivity index (χ2v) is 7.30. The molecule has 0 saturated carbocycles. The SMILES string of the molecule is COc1cc(C)c(/C=C2\C(=O)NC(=S)N(c3ccc(Br)cc3)C2=O)cc1OC. The molecule has 1 saturated heterocycles. The largest absolute Gasteiger partial charge is 0.493 e. The normalized spacial score (nSPS) is 15.6. The van der Waals surface area contributed by atoms with Gasteiger partial charge in [0.05, 0.1) is 19.9 Å². The molecule has 8 heteroatoms. The third-order valence-electron chi connectivity index (χ3n) is 4.26. The van der Waals surface area contributed by atoms with E-state index in [1.807, 2.05) is 6.92 Å². The van der Waals surface area contributed by atoms with E-state index >= 15 is 0 Å². The van der Waals surface area contributed by atoms with Crippen LogP contribution >= 0.6 is 28.1 Å². The summed E-state index contributed by atoms with van der Waals surface area (Å²) in [5, 5.41) is 2.62. The summed E-state index contributed by atoms with van der Waals surface area (Å²) in [5.74, 6) is 0.0333. The molecular formula is C20H17BrN2O4S. The third kappa shape index (κ3) is 3.79. The second-order valence-electron chi connectivity index (χ2n) is 6.00. The molecule has 28 heavy (non-hydrogen) atoms. The number of thiocarbonyl (C=S) groups is 1. The van der Waals surface area contributed by atoms with Gasteiger partial charge >= 0.3 is 0 Å². The number of nitrogens with zero attached hydrogens (tertiary/aromatic N) is 1. The Balaban J connectivity index is 2.05. The van der Waals surface area contributed by atoms with Gasteiger partial charge in [0.25, 0.3) is 11.8 Å². The lowest BCUT2D eigenvalue weighted by Crippen LogP contribution is -2.54. The Labute approximate surface area is 176 Å². The average Bonchev–Trinajstić information content (AvgIpc) is 2.67. The number of nitrogens with one attached hydrogen (secondary N) is 1. The molecule has 0 radical (unpaired) electrons. The van der Waals surface area contributed by atoms with Gasteiger partial charge in [0, 0.05) is 4.47 Å². The van der Waals surface area contributed by atoms with Gasteiger partial charge in [-0.1, -0.05) is 15.9 Å². The number of carbonyl (C=O) groups is 2. The molecule has 1 aliphatic heterocycles. The van der Waals surface area contributed by atoms with Crippen LogP contribution < -0.4 is 19.7 Å². The van der Waals surface area contributed by atoms with Crippen LogP contribution in [0.3, 0.4) is 0 Å². The smallest absolute Gasteiger partial charge is 0.270 e. The molecule has 0 aliphatic carbocycles. The zero-order chi connectivity index (χ0) is 20.4. The number of aryl methyl sites for hydroxylation is 1. The van der Waals surface area contributed by atoms with Gasteiger partial charge < -0.3 is 9.47 Å². The standard InChI is InChI=1S/C20H17BrN2O4S/c1-11-8-16(26-2)17(27-3)10-12(11)9-15-18(24)22-20(28)23(19(15)25)14-6-4-13(21)5-7-14/h4-10H,1-3H3,(H,22,24,28)/b15-9+. The predicted molar refractivity (Wildman–Crippen MR) is 115 cm³/mol. The van der Waals surface area contributed by atoms with E-state index in [9.17, 15) is 9.59 Å². The van der Waals surface area contributed by atoms with Gasteiger partial charge in [0.1, 0.15) is 5.57 Å². The zero-order valence-electron chi connectivity index (χ0n) is 15.4. The van der Waals surface area contributed by atoms with Crippen LogP contribution in [-0.2, 0) is 9.59 Å². The first-order valence-electron chi connectivity index (χ1n) is 8.25. The number of hydrogen-bond donors (Lipinski definition) is 1. The molecule has 1 aliphatic rings. The fourth-order valence-electron chi connectivity index (χ4n) is 2.79. The van der Waals surface area contributed by atoms with Gasteiger partial charge in [-0.25, -0.2) is 0 Å². The van der Waals surface area contributed by atoms with Crippen molar-refractivity contribution in [2.45, 2.75) is 6.92 Å². The molecule has 0 bridgehead atoms. The van der Waals surface area contributed by atoms with Gasteiger partial charge in [-0.15, -0.1) is 0 Å². The summed E-state index contributed by atoms with van der Waals surface area (Å²) >= 11 is 8.57. The average molecular weight is 461 g/mol. The van der Waals surface area contributed by atoms with Crippen molar-refractivity contribution in [2.24, 2.45) is 0 Å². The van der Waals surface area contributed by atoms with Gasteiger partial charge in [-0.05, 0) is 72.7 Å². The van der Waals surface area contributed by atoms with Crippen LogP contribution in [0.4, 0.5) is 5.69 Å². The van der Waals surface area contributed by atoms with Gasteiger partial charge in [-0.2, -0.15) is 0 Å². The molecule has 1 heterocycles. The van der Waals surface area contributed by atoms with Crippen LogP contribution in [0.15, 0.2) is 46.4 Å². The Kier molecular flexibility index (Phi) is 5.81. The predicted octanol–water partition coefficient (Wildman–Crippen LogP) is 3.61. The number of hydrogen-bond acceptors (Lipinski definition) is 5. The molecule has 0 spiro atoms. The van der Waals surface area contributed by atoms with Crippen molar-refractivity contribution in [3.05, 3.63) is 57.6 Å². The summed E-state index contributed by atoms with van der Waals surface area (Å²) in [6.45, 7) is 1.86. The highest BCUT2D eigenvalue weighted by molar-refractivity contribution is 9.10. The molecule has 144 valence electrons. The maximum atomic E-state index is 13.1. The number of halogens is 1. The van der Waals surface area contributed by atoms with Crippen LogP contribution in [-0.4, -0.2) is 31.1 Å². The number of amides is 2. The monoisotopic (exact) mass is 460 g/mol. The van der Waals surface area contributed by atoms with E-state index in [1.54, 1.807) is 43.5 Å². The molecule has 1 fully saturated rings. The molecule has 0 unspecified atom stereocenters. The summed E-state index contributed by atoms with van der Waals surface area (Å²) in [6, 6.07) is 10.6. The highest BCUT2D eigenvalue weighted by Crippen LogP contribution is 2.32. The number of carbonyl (C=O) groups excluding carboxylic acids is 2. The Morgan fingerprint density at radius 2 is 1.68 bits per heavy atom. The van der Waals surface area contributed by atoms with Crippen molar-refractivity contribution in [1.82, 2.24) is 5.32 Å². The molecule has 0 atom stereocenters. The first-order valence-corrected chi connectivity index (χ1v) is 9.45. The van der Waals surface area contributed by atoms with E-state index < -0.39 is 11.8 Å². The summed E-state index contributed by atoms with van der Waals surface area (Å²) in [4.78, 5) is 26.8. The van der Waals surface area contributed by atoms with Crippen molar-refractivity contribution in [3.8, 4) is 11.5 Å². The van der Waals surface area contributed by atoms with Gasteiger partial charge in [0.15, 0.2) is 16.6 Å².